The Bertz CT molecular complexity index is 696. The van der Waals surface area contributed by atoms with E-state index in [1.165, 1.54) is 9.75 Å². The van der Waals surface area contributed by atoms with E-state index in [2.05, 4.69) is 29.3 Å². The largest absolute Gasteiger partial charge is 0.468 e. The van der Waals surface area contributed by atoms with Crippen molar-refractivity contribution in [1.82, 2.24) is 15.1 Å². The summed E-state index contributed by atoms with van der Waals surface area (Å²) >= 11 is 1.73. The molecule has 0 radical (unpaired) electrons. The fourth-order valence-corrected chi connectivity index (χ4v) is 3.66. The van der Waals surface area contributed by atoms with Crippen LogP contribution in [0.5, 0.6) is 0 Å². The molecule has 0 bridgehead atoms. The minimum absolute atomic E-state index is 0.0234. The lowest BCUT2D eigenvalue weighted by Gasteiger charge is -2.29. The summed E-state index contributed by atoms with van der Waals surface area (Å²) in [4.78, 5) is 30.2. The van der Waals surface area contributed by atoms with Gasteiger partial charge in [0.05, 0.1) is 25.9 Å². The molecule has 1 aliphatic heterocycles. The van der Waals surface area contributed by atoms with Crippen LogP contribution in [0, 0.1) is 6.92 Å². The van der Waals surface area contributed by atoms with E-state index >= 15 is 0 Å². The number of furan rings is 1. The van der Waals surface area contributed by atoms with Gasteiger partial charge in [0.15, 0.2) is 0 Å². The van der Waals surface area contributed by atoms with Gasteiger partial charge in [-0.3, -0.25) is 14.5 Å². The first-order valence-electron chi connectivity index (χ1n) is 7.94. The Labute approximate surface area is 145 Å². The molecular formula is C17H21N3O3S. The maximum atomic E-state index is 12.6. The zero-order valence-electron chi connectivity index (χ0n) is 13.7. The first-order chi connectivity index (χ1) is 11.6. The van der Waals surface area contributed by atoms with Gasteiger partial charge < -0.3 is 14.6 Å². The monoisotopic (exact) mass is 347 g/mol. The van der Waals surface area contributed by atoms with E-state index in [-0.39, 0.29) is 24.9 Å². The number of carbonyl (C=O) groups is 2. The molecule has 7 heteroatoms. The third-order valence-electron chi connectivity index (χ3n) is 3.88. The molecule has 2 aromatic rings. The van der Waals surface area contributed by atoms with E-state index in [1.807, 2.05) is 12.1 Å². The Balaban J connectivity index is 1.66. The Morgan fingerprint density at radius 2 is 2.25 bits per heavy atom. The van der Waals surface area contributed by atoms with Crippen LogP contribution >= 0.6 is 11.3 Å². The number of nitrogens with zero attached hydrogens (tertiary/aromatic N) is 2. The Kier molecular flexibility index (Phi) is 5.32. The molecule has 2 amide bonds. The molecule has 128 valence electrons. The van der Waals surface area contributed by atoms with E-state index in [1.54, 1.807) is 22.5 Å². The highest BCUT2D eigenvalue weighted by molar-refractivity contribution is 7.11. The van der Waals surface area contributed by atoms with Gasteiger partial charge in [-0.25, -0.2) is 0 Å². The van der Waals surface area contributed by atoms with Crippen molar-refractivity contribution in [1.29, 1.82) is 0 Å². The third-order valence-corrected chi connectivity index (χ3v) is 4.87. The number of amides is 2. The van der Waals surface area contributed by atoms with Crippen LogP contribution in [0.25, 0.3) is 0 Å². The van der Waals surface area contributed by atoms with Gasteiger partial charge in [-0.05, 0) is 31.2 Å². The van der Waals surface area contributed by atoms with Gasteiger partial charge in [0.25, 0.3) is 0 Å². The highest BCUT2D eigenvalue weighted by Gasteiger charge is 2.23. The minimum Gasteiger partial charge on any atom is -0.468 e. The van der Waals surface area contributed by atoms with Crippen LogP contribution in [0.3, 0.4) is 0 Å². The highest BCUT2D eigenvalue weighted by Crippen LogP contribution is 2.18. The number of piperazine rings is 1. The first-order valence-corrected chi connectivity index (χ1v) is 8.76. The Hall–Kier alpha value is -2.12. The highest BCUT2D eigenvalue weighted by atomic mass is 32.1. The molecule has 1 saturated heterocycles. The molecule has 24 heavy (non-hydrogen) atoms. The SMILES string of the molecule is Cc1ccc(CN(CC(=O)N2CCNC(=O)C2)Cc2ccco2)s1. The van der Waals surface area contributed by atoms with Crippen LogP contribution in [-0.4, -0.2) is 47.8 Å². The van der Waals surface area contributed by atoms with Crippen LogP contribution in [0.1, 0.15) is 15.5 Å². The Morgan fingerprint density at radius 3 is 2.92 bits per heavy atom. The van der Waals surface area contributed by atoms with E-state index in [0.717, 1.165) is 5.76 Å². The van der Waals surface area contributed by atoms with Gasteiger partial charge in [-0.1, -0.05) is 0 Å². The van der Waals surface area contributed by atoms with Crippen molar-refractivity contribution in [3.63, 3.8) is 0 Å². The summed E-state index contributed by atoms with van der Waals surface area (Å²) in [5.74, 6) is 0.707. The van der Waals surface area contributed by atoms with Crippen molar-refractivity contribution < 1.29 is 14.0 Å². The fraction of sp³-hybridized carbons (Fsp3) is 0.412. The van der Waals surface area contributed by atoms with E-state index in [9.17, 15) is 9.59 Å². The van der Waals surface area contributed by atoms with Crippen molar-refractivity contribution >= 4 is 23.2 Å². The zero-order chi connectivity index (χ0) is 16.9. The summed E-state index contributed by atoms with van der Waals surface area (Å²) in [6.45, 7) is 4.82. The molecule has 6 nitrogen and oxygen atoms in total. The van der Waals surface area contributed by atoms with E-state index in [4.69, 9.17) is 4.42 Å². The van der Waals surface area contributed by atoms with Gasteiger partial charge in [0.1, 0.15) is 5.76 Å². The second-order valence-electron chi connectivity index (χ2n) is 5.90. The van der Waals surface area contributed by atoms with Crippen molar-refractivity contribution in [2.75, 3.05) is 26.2 Å². The van der Waals surface area contributed by atoms with Crippen LogP contribution < -0.4 is 5.32 Å². The summed E-state index contributed by atoms with van der Waals surface area (Å²) in [6, 6.07) is 7.93. The number of hydrogen-bond acceptors (Lipinski definition) is 5. The number of aryl methyl sites for hydroxylation is 1. The normalized spacial score (nSPS) is 14.9. The number of rotatable bonds is 6. The molecule has 0 atom stereocenters. The lowest BCUT2D eigenvalue weighted by atomic mass is 10.3. The summed E-state index contributed by atoms with van der Waals surface area (Å²) < 4.78 is 5.42. The molecule has 1 fully saturated rings. The number of nitrogens with one attached hydrogen (secondary N) is 1. The smallest absolute Gasteiger partial charge is 0.239 e. The van der Waals surface area contributed by atoms with Crippen molar-refractivity contribution in [2.24, 2.45) is 0 Å². The van der Waals surface area contributed by atoms with Crippen molar-refractivity contribution in [2.45, 2.75) is 20.0 Å². The molecule has 2 aromatic heterocycles. The molecule has 3 rings (SSSR count). The van der Waals surface area contributed by atoms with Crippen LogP contribution in [0.4, 0.5) is 0 Å². The molecule has 0 spiro atoms. The topological polar surface area (TPSA) is 65.8 Å². The lowest BCUT2D eigenvalue weighted by Crippen LogP contribution is -2.52. The molecule has 0 unspecified atom stereocenters. The molecular weight excluding hydrogens is 326 g/mol. The number of thiophene rings is 1. The first kappa shape index (κ1) is 16.7. The van der Waals surface area contributed by atoms with Gasteiger partial charge in [0.2, 0.25) is 11.8 Å². The summed E-state index contributed by atoms with van der Waals surface area (Å²) in [6.07, 6.45) is 1.64. The lowest BCUT2D eigenvalue weighted by molar-refractivity contribution is -0.139. The van der Waals surface area contributed by atoms with E-state index < -0.39 is 0 Å². The fourth-order valence-electron chi connectivity index (χ4n) is 2.72. The Morgan fingerprint density at radius 1 is 1.38 bits per heavy atom. The average molecular weight is 347 g/mol. The average Bonchev–Trinajstić information content (AvgIpc) is 3.19. The van der Waals surface area contributed by atoms with Crippen molar-refractivity contribution in [3.05, 3.63) is 46.0 Å². The molecule has 0 saturated carbocycles. The molecule has 3 heterocycles. The minimum atomic E-state index is -0.0962. The second kappa shape index (κ2) is 7.63. The summed E-state index contributed by atoms with van der Waals surface area (Å²) in [5.41, 5.74) is 0. The second-order valence-corrected chi connectivity index (χ2v) is 7.27. The standard InChI is InChI=1S/C17H21N3O3S/c1-13-4-5-15(24-13)10-19(9-14-3-2-8-23-14)12-17(22)20-7-6-18-16(21)11-20/h2-5,8H,6-7,9-12H2,1H3,(H,18,21). The molecule has 1 N–H and O–H groups in total. The number of carbonyl (C=O) groups excluding carboxylic acids is 2. The predicted octanol–water partition coefficient (Wildman–Crippen LogP) is 1.61. The third kappa shape index (κ3) is 4.46. The van der Waals surface area contributed by atoms with Gasteiger partial charge >= 0.3 is 0 Å². The predicted molar refractivity (Wildman–Crippen MR) is 91.5 cm³/mol. The summed E-state index contributed by atoms with van der Waals surface area (Å²) in [5, 5.41) is 2.74. The van der Waals surface area contributed by atoms with Gasteiger partial charge in [-0.2, -0.15) is 0 Å². The van der Waals surface area contributed by atoms with Crippen LogP contribution in [-0.2, 0) is 22.7 Å². The molecule has 1 aliphatic rings. The van der Waals surface area contributed by atoms with Crippen LogP contribution in [0.15, 0.2) is 34.9 Å². The molecule has 0 aliphatic carbocycles. The van der Waals surface area contributed by atoms with Crippen LogP contribution in [0.2, 0.25) is 0 Å². The maximum Gasteiger partial charge on any atom is 0.239 e. The quantitative estimate of drug-likeness (QED) is 0.862. The zero-order valence-corrected chi connectivity index (χ0v) is 14.5. The molecule has 0 aromatic carbocycles. The van der Waals surface area contributed by atoms with Crippen molar-refractivity contribution in [3.8, 4) is 0 Å². The number of hydrogen-bond donors (Lipinski definition) is 1. The van der Waals surface area contributed by atoms with Gasteiger partial charge in [0, 0.05) is 29.4 Å². The maximum absolute atomic E-state index is 12.6. The van der Waals surface area contributed by atoms with E-state index in [0.29, 0.717) is 26.2 Å². The summed E-state index contributed by atoms with van der Waals surface area (Å²) in [7, 11) is 0. The van der Waals surface area contributed by atoms with Gasteiger partial charge in [-0.15, -0.1) is 11.3 Å².